The number of rotatable bonds is 3. The third-order valence-corrected chi connectivity index (χ3v) is 3.00. The van der Waals surface area contributed by atoms with E-state index in [0.29, 0.717) is 11.4 Å². The van der Waals surface area contributed by atoms with Crippen molar-refractivity contribution in [3.8, 4) is 5.40 Å². The Labute approximate surface area is 125 Å². The fraction of sp³-hybridized carbons (Fsp3) is 0. The zero-order valence-corrected chi connectivity index (χ0v) is 11.6. The van der Waals surface area contributed by atoms with E-state index in [9.17, 15) is 9.59 Å². The van der Waals surface area contributed by atoms with Gasteiger partial charge in [-0.25, -0.2) is 0 Å². The number of hydrogen-bond acceptors (Lipinski definition) is 5. The van der Waals surface area contributed by atoms with Gasteiger partial charge in [-0.1, -0.05) is 0 Å². The van der Waals surface area contributed by atoms with E-state index in [1.807, 2.05) is 5.40 Å². The second-order valence-electron chi connectivity index (χ2n) is 3.87. The van der Waals surface area contributed by atoms with Gasteiger partial charge in [0, 0.05) is 16.8 Å². The first-order valence-corrected chi connectivity index (χ1v) is 6.69. The average Bonchev–Trinajstić information content (AvgIpc) is 2.50. The lowest BCUT2D eigenvalue weighted by atomic mass is 10.3. The van der Waals surface area contributed by atoms with Gasteiger partial charge in [-0.05, 0) is 48.2 Å². The second-order valence-corrected chi connectivity index (χ2v) is 4.73. The molecule has 0 fully saturated rings. The zero-order chi connectivity index (χ0) is 15.1. The maximum absolute atomic E-state index is 11.7. The molecule has 1 heterocycles. The SMILES string of the molecule is N#CSc1ccc(NC(=O)C(=O)Nc2cccnc2)cc1. The summed E-state index contributed by atoms with van der Waals surface area (Å²) in [7, 11) is 0. The van der Waals surface area contributed by atoms with Crippen LogP contribution in [0.2, 0.25) is 0 Å². The Bertz CT molecular complexity index is 680. The predicted molar refractivity (Wildman–Crippen MR) is 79.4 cm³/mol. The normalized spacial score (nSPS) is 9.48. The number of pyridine rings is 1. The lowest BCUT2D eigenvalue weighted by Crippen LogP contribution is -2.29. The Morgan fingerprint density at radius 1 is 1.05 bits per heavy atom. The third-order valence-electron chi connectivity index (χ3n) is 2.40. The molecule has 1 aromatic carbocycles. The minimum atomic E-state index is -0.779. The Morgan fingerprint density at radius 2 is 1.71 bits per heavy atom. The molecule has 0 unspecified atom stereocenters. The summed E-state index contributed by atoms with van der Waals surface area (Å²) in [5.74, 6) is -1.56. The predicted octanol–water partition coefficient (Wildman–Crippen LogP) is 2.23. The summed E-state index contributed by atoms with van der Waals surface area (Å²) < 4.78 is 0. The molecular formula is C14H10N4O2S. The maximum Gasteiger partial charge on any atom is 0.314 e. The van der Waals surface area contributed by atoms with E-state index in [2.05, 4.69) is 15.6 Å². The van der Waals surface area contributed by atoms with Crippen LogP contribution < -0.4 is 10.6 Å². The quantitative estimate of drug-likeness (QED) is 0.515. The first-order valence-electron chi connectivity index (χ1n) is 5.87. The van der Waals surface area contributed by atoms with Crippen molar-refractivity contribution >= 4 is 35.0 Å². The molecule has 0 atom stereocenters. The summed E-state index contributed by atoms with van der Waals surface area (Å²) in [4.78, 5) is 28.0. The Balaban J connectivity index is 1.94. The lowest BCUT2D eigenvalue weighted by Gasteiger charge is -2.06. The largest absolute Gasteiger partial charge is 0.318 e. The number of amides is 2. The average molecular weight is 298 g/mol. The van der Waals surface area contributed by atoms with Crippen LogP contribution in [-0.4, -0.2) is 16.8 Å². The standard InChI is InChI=1S/C14H10N4O2S/c15-9-21-12-5-3-10(4-6-12)17-13(19)14(20)18-11-2-1-7-16-8-11/h1-8H,(H,17,19)(H,18,20). The van der Waals surface area contributed by atoms with Crippen LogP contribution in [0.4, 0.5) is 11.4 Å². The summed E-state index contributed by atoms with van der Waals surface area (Å²) >= 11 is 1.02. The van der Waals surface area contributed by atoms with Gasteiger partial charge in [0.05, 0.1) is 11.9 Å². The van der Waals surface area contributed by atoms with Crippen molar-refractivity contribution in [2.75, 3.05) is 10.6 Å². The molecule has 0 radical (unpaired) electrons. The number of thioether (sulfide) groups is 1. The van der Waals surface area contributed by atoms with Crippen LogP contribution in [0, 0.1) is 10.7 Å². The number of carbonyl (C=O) groups excluding carboxylic acids is 2. The molecular weight excluding hydrogens is 288 g/mol. The Hall–Kier alpha value is -2.85. The van der Waals surface area contributed by atoms with Gasteiger partial charge in [0.15, 0.2) is 0 Å². The highest BCUT2D eigenvalue weighted by molar-refractivity contribution is 8.03. The molecule has 2 aromatic rings. The molecule has 104 valence electrons. The molecule has 0 bridgehead atoms. The molecule has 2 N–H and O–H groups in total. The fourth-order valence-corrected chi connectivity index (χ4v) is 1.85. The number of nitrogens with one attached hydrogen (secondary N) is 2. The molecule has 0 spiro atoms. The number of nitriles is 1. The van der Waals surface area contributed by atoms with Crippen molar-refractivity contribution in [3.05, 3.63) is 48.8 Å². The minimum absolute atomic E-state index is 0.443. The molecule has 6 nitrogen and oxygen atoms in total. The highest BCUT2D eigenvalue weighted by Gasteiger charge is 2.13. The van der Waals surface area contributed by atoms with Crippen LogP contribution in [0.15, 0.2) is 53.7 Å². The lowest BCUT2D eigenvalue weighted by molar-refractivity contribution is -0.133. The first-order chi connectivity index (χ1) is 10.2. The smallest absolute Gasteiger partial charge is 0.314 e. The fourth-order valence-electron chi connectivity index (χ4n) is 1.47. The van der Waals surface area contributed by atoms with Crippen LogP contribution in [0.5, 0.6) is 0 Å². The molecule has 2 rings (SSSR count). The van der Waals surface area contributed by atoms with Crippen molar-refractivity contribution in [1.82, 2.24) is 4.98 Å². The van der Waals surface area contributed by atoms with Gasteiger partial charge < -0.3 is 10.6 Å². The Morgan fingerprint density at radius 3 is 2.29 bits per heavy atom. The molecule has 7 heteroatoms. The number of benzene rings is 1. The van der Waals surface area contributed by atoms with E-state index in [-0.39, 0.29) is 0 Å². The van der Waals surface area contributed by atoms with E-state index < -0.39 is 11.8 Å². The van der Waals surface area contributed by atoms with Gasteiger partial charge in [-0.2, -0.15) is 5.26 Å². The van der Waals surface area contributed by atoms with Crippen LogP contribution in [0.1, 0.15) is 0 Å². The number of carbonyl (C=O) groups is 2. The molecule has 0 saturated heterocycles. The number of nitrogens with zero attached hydrogens (tertiary/aromatic N) is 2. The number of anilines is 2. The van der Waals surface area contributed by atoms with Crippen LogP contribution in [0.3, 0.4) is 0 Å². The molecule has 1 aromatic heterocycles. The van der Waals surface area contributed by atoms with E-state index in [0.717, 1.165) is 16.7 Å². The Kier molecular flexibility index (Phi) is 4.90. The van der Waals surface area contributed by atoms with Gasteiger partial charge in [0.1, 0.15) is 5.40 Å². The van der Waals surface area contributed by atoms with Crippen LogP contribution in [0.25, 0.3) is 0 Å². The minimum Gasteiger partial charge on any atom is -0.318 e. The number of aromatic nitrogens is 1. The van der Waals surface area contributed by atoms with Gasteiger partial charge in [-0.15, -0.1) is 0 Å². The summed E-state index contributed by atoms with van der Waals surface area (Å²) in [6, 6.07) is 9.89. The molecule has 21 heavy (non-hydrogen) atoms. The highest BCUT2D eigenvalue weighted by atomic mass is 32.2. The van der Waals surface area contributed by atoms with Crippen LogP contribution >= 0.6 is 11.8 Å². The van der Waals surface area contributed by atoms with E-state index in [1.165, 1.54) is 6.20 Å². The number of hydrogen-bond donors (Lipinski definition) is 2. The van der Waals surface area contributed by atoms with Crippen molar-refractivity contribution in [2.24, 2.45) is 0 Å². The molecule has 2 amide bonds. The van der Waals surface area contributed by atoms with Crippen molar-refractivity contribution in [3.63, 3.8) is 0 Å². The van der Waals surface area contributed by atoms with E-state index in [1.54, 1.807) is 42.6 Å². The topological polar surface area (TPSA) is 94.9 Å². The van der Waals surface area contributed by atoms with Gasteiger partial charge in [-0.3, -0.25) is 14.6 Å². The van der Waals surface area contributed by atoms with E-state index in [4.69, 9.17) is 5.26 Å². The third kappa shape index (κ3) is 4.33. The molecule has 0 saturated carbocycles. The van der Waals surface area contributed by atoms with Gasteiger partial charge in [0.25, 0.3) is 0 Å². The second kappa shape index (κ2) is 7.07. The van der Waals surface area contributed by atoms with Crippen LogP contribution in [-0.2, 0) is 9.59 Å². The highest BCUT2D eigenvalue weighted by Crippen LogP contribution is 2.18. The number of thiocyanates is 1. The van der Waals surface area contributed by atoms with Gasteiger partial charge in [0.2, 0.25) is 0 Å². The summed E-state index contributed by atoms with van der Waals surface area (Å²) in [5, 5.41) is 15.4. The monoisotopic (exact) mass is 298 g/mol. The van der Waals surface area contributed by atoms with Gasteiger partial charge >= 0.3 is 11.8 Å². The van der Waals surface area contributed by atoms with E-state index >= 15 is 0 Å². The summed E-state index contributed by atoms with van der Waals surface area (Å²) in [6.45, 7) is 0. The summed E-state index contributed by atoms with van der Waals surface area (Å²) in [5.41, 5.74) is 0.919. The zero-order valence-electron chi connectivity index (χ0n) is 10.7. The molecule has 0 aliphatic heterocycles. The molecule has 0 aliphatic carbocycles. The van der Waals surface area contributed by atoms with Crippen molar-refractivity contribution in [1.29, 1.82) is 5.26 Å². The maximum atomic E-state index is 11.7. The van der Waals surface area contributed by atoms with Crippen molar-refractivity contribution in [2.45, 2.75) is 4.90 Å². The first kappa shape index (κ1) is 14.6. The molecule has 0 aliphatic rings. The van der Waals surface area contributed by atoms with Crippen molar-refractivity contribution < 1.29 is 9.59 Å². The summed E-state index contributed by atoms with van der Waals surface area (Å²) in [6.07, 6.45) is 3.01.